The fourth-order valence-electron chi connectivity index (χ4n) is 4.29. The lowest BCUT2D eigenvalue weighted by Crippen LogP contribution is -2.69. The summed E-state index contributed by atoms with van der Waals surface area (Å²) in [4.78, 5) is 27.2. The summed E-state index contributed by atoms with van der Waals surface area (Å²) in [6.45, 7) is 2.44. The second kappa shape index (κ2) is 6.19. The highest BCUT2D eigenvalue weighted by Gasteiger charge is 2.50. The van der Waals surface area contributed by atoms with Gasteiger partial charge in [0, 0.05) is 11.3 Å². The van der Waals surface area contributed by atoms with E-state index in [4.69, 9.17) is 0 Å². The Kier molecular flexibility index (Phi) is 4.48. The van der Waals surface area contributed by atoms with Gasteiger partial charge in [0.25, 0.3) is 0 Å². The van der Waals surface area contributed by atoms with Gasteiger partial charge < -0.3 is 10.2 Å². The van der Waals surface area contributed by atoms with Crippen LogP contribution in [0.25, 0.3) is 0 Å². The summed E-state index contributed by atoms with van der Waals surface area (Å²) in [5.41, 5.74) is -0.572. The minimum atomic E-state index is -0.572. The zero-order chi connectivity index (χ0) is 14.9. The first-order valence-electron chi connectivity index (χ1n) is 8.40. The lowest BCUT2D eigenvalue weighted by Gasteiger charge is -2.47. The SMILES string of the molecule is CCSC1CCCC1N1CC(=O)NC2(CCCCC2)C1=O. The van der Waals surface area contributed by atoms with Crippen LogP contribution in [0.1, 0.15) is 58.3 Å². The van der Waals surface area contributed by atoms with Crippen LogP contribution in [0.3, 0.4) is 0 Å². The summed E-state index contributed by atoms with van der Waals surface area (Å²) in [5.74, 6) is 1.33. The van der Waals surface area contributed by atoms with Gasteiger partial charge in [-0.1, -0.05) is 32.6 Å². The van der Waals surface area contributed by atoms with Gasteiger partial charge in [-0.15, -0.1) is 0 Å². The van der Waals surface area contributed by atoms with Gasteiger partial charge in [0.05, 0.1) is 6.54 Å². The highest BCUT2D eigenvalue weighted by atomic mass is 32.2. The van der Waals surface area contributed by atoms with Crippen molar-refractivity contribution in [1.82, 2.24) is 10.2 Å². The normalized spacial score (nSPS) is 32.5. The molecule has 2 aliphatic carbocycles. The molecule has 3 fully saturated rings. The van der Waals surface area contributed by atoms with Crippen molar-refractivity contribution in [3.63, 3.8) is 0 Å². The van der Waals surface area contributed by atoms with Gasteiger partial charge >= 0.3 is 0 Å². The molecule has 3 aliphatic rings. The monoisotopic (exact) mass is 310 g/mol. The molecule has 0 aromatic heterocycles. The van der Waals surface area contributed by atoms with E-state index in [1.54, 1.807) is 0 Å². The molecule has 21 heavy (non-hydrogen) atoms. The Labute approximate surface area is 131 Å². The van der Waals surface area contributed by atoms with E-state index in [1.807, 2.05) is 16.7 Å². The fourth-order valence-corrected chi connectivity index (χ4v) is 5.56. The van der Waals surface area contributed by atoms with Gasteiger partial charge in [-0.05, 0) is 31.4 Å². The zero-order valence-corrected chi connectivity index (χ0v) is 13.7. The molecule has 1 N–H and O–H groups in total. The molecule has 118 valence electrons. The Hall–Kier alpha value is -0.710. The zero-order valence-electron chi connectivity index (χ0n) is 12.9. The van der Waals surface area contributed by atoms with Crippen molar-refractivity contribution in [2.24, 2.45) is 0 Å². The average molecular weight is 310 g/mol. The van der Waals surface area contributed by atoms with Gasteiger partial charge in [0.15, 0.2) is 0 Å². The predicted octanol–water partition coefficient (Wildman–Crippen LogP) is 2.32. The maximum absolute atomic E-state index is 13.1. The Morgan fingerprint density at radius 3 is 2.67 bits per heavy atom. The molecule has 1 heterocycles. The van der Waals surface area contributed by atoms with Crippen LogP contribution in [-0.4, -0.2) is 45.8 Å². The second-order valence-electron chi connectivity index (χ2n) is 6.62. The number of nitrogens with zero attached hydrogens (tertiary/aromatic N) is 1. The van der Waals surface area contributed by atoms with Crippen molar-refractivity contribution in [3.8, 4) is 0 Å². The van der Waals surface area contributed by atoms with E-state index in [9.17, 15) is 9.59 Å². The molecule has 2 amide bonds. The number of nitrogens with one attached hydrogen (secondary N) is 1. The van der Waals surface area contributed by atoms with Crippen LogP contribution in [0.4, 0.5) is 0 Å². The minimum Gasteiger partial charge on any atom is -0.340 e. The third-order valence-corrected chi connectivity index (χ3v) is 6.58. The smallest absolute Gasteiger partial charge is 0.249 e. The van der Waals surface area contributed by atoms with Crippen LogP contribution >= 0.6 is 11.8 Å². The number of rotatable bonds is 3. The first-order valence-corrected chi connectivity index (χ1v) is 9.45. The van der Waals surface area contributed by atoms with Gasteiger partial charge in [0.2, 0.25) is 11.8 Å². The van der Waals surface area contributed by atoms with Gasteiger partial charge in [-0.3, -0.25) is 9.59 Å². The fraction of sp³-hybridized carbons (Fsp3) is 0.875. The Bertz CT molecular complexity index is 421. The van der Waals surface area contributed by atoms with E-state index in [-0.39, 0.29) is 24.4 Å². The van der Waals surface area contributed by atoms with Crippen molar-refractivity contribution in [1.29, 1.82) is 0 Å². The molecular formula is C16H26N2O2S. The van der Waals surface area contributed by atoms with E-state index >= 15 is 0 Å². The number of thioether (sulfide) groups is 1. The van der Waals surface area contributed by atoms with Crippen LogP contribution in [0.15, 0.2) is 0 Å². The molecule has 2 atom stereocenters. The summed E-state index contributed by atoms with van der Waals surface area (Å²) >= 11 is 1.95. The highest BCUT2D eigenvalue weighted by molar-refractivity contribution is 7.99. The van der Waals surface area contributed by atoms with Crippen molar-refractivity contribution in [3.05, 3.63) is 0 Å². The average Bonchev–Trinajstić information content (AvgIpc) is 2.92. The lowest BCUT2D eigenvalue weighted by atomic mass is 9.79. The Morgan fingerprint density at radius 1 is 1.19 bits per heavy atom. The molecule has 0 aromatic carbocycles. The van der Waals surface area contributed by atoms with E-state index in [0.29, 0.717) is 5.25 Å². The van der Waals surface area contributed by atoms with Crippen LogP contribution in [-0.2, 0) is 9.59 Å². The molecule has 0 radical (unpaired) electrons. The summed E-state index contributed by atoms with van der Waals surface area (Å²) in [6, 6.07) is 0.271. The molecular weight excluding hydrogens is 284 g/mol. The summed E-state index contributed by atoms with van der Waals surface area (Å²) in [7, 11) is 0. The van der Waals surface area contributed by atoms with Crippen molar-refractivity contribution >= 4 is 23.6 Å². The number of piperazine rings is 1. The van der Waals surface area contributed by atoms with Crippen molar-refractivity contribution < 1.29 is 9.59 Å². The van der Waals surface area contributed by atoms with Gasteiger partial charge in [-0.25, -0.2) is 0 Å². The van der Waals surface area contributed by atoms with E-state index < -0.39 is 5.54 Å². The molecule has 0 bridgehead atoms. The molecule has 3 rings (SSSR count). The molecule has 0 aromatic rings. The second-order valence-corrected chi connectivity index (χ2v) is 8.13. The van der Waals surface area contributed by atoms with Crippen molar-refractivity contribution in [2.45, 2.75) is 75.1 Å². The number of hydrogen-bond donors (Lipinski definition) is 1. The molecule has 4 nitrogen and oxygen atoms in total. The number of amides is 2. The molecule has 1 aliphatic heterocycles. The summed E-state index contributed by atoms with van der Waals surface area (Å²) < 4.78 is 0. The number of carbonyl (C=O) groups excluding carboxylic acids is 2. The maximum atomic E-state index is 13.1. The van der Waals surface area contributed by atoms with Gasteiger partial charge in [0.1, 0.15) is 5.54 Å². The Balaban J connectivity index is 1.80. The summed E-state index contributed by atoms with van der Waals surface area (Å²) in [5, 5.41) is 3.56. The maximum Gasteiger partial charge on any atom is 0.249 e. The Morgan fingerprint density at radius 2 is 1.95 bits per heavy atom. The van der Waals surface area contributed by atoms with Gasteiger partial charge in [-0.2, -0.15) is 11.8 Å². The highest BCUT2D eigenvalue weighted by Crippen LogP contribution is 2.38. The molecule has 5 heteroatoms. The minimum absolute atomic E-state index is 0.0450. The molecule has 2 saturated carbocycles. The molecule has 1 saturated heterocycles. The lowest BCUT2D eigenvalue weighted by molar-refractivity contribution is -0.153. The topological polar surface area (TPSA) is 49.4 Å². The van der Waals surface area contributed by atoms with Crippen LogP contribution in [0.5, 0.6) is 0 Å². The van der Waals surface area contributed by atoms with Crippen molar-refractivity contribution in [2.75, 3.05) is 12.3 Å². The third-order valence-electron chi connectivity index (χ3n) is 5.27. The standard InChI is InChI=1S/C16H26N2O2S/c1-2-21-13-8-6-7-12(13)18-11-14(19)17-16(15(18)20)9-4-3-5-10-16/h12-13H,2-11H2,1H3,(H,17,19). The first kappa shape index (κ1) is 15.2. The van der Waals surface area contributed by atoms with E-state index in [0.717, 1.165) is 37.9 Å². The largest absolute Gasteiger partial charge is 0.340 e. The molecule has 1 spiro atoms. The number of hydrogen-bond acceptors (Lipinski definition) is 3. The summed E-state index contributed by atoms with van der Waals surface area (Å²) in [6.07, 6.45) is 8.37. The predicted molar refractivity (Wildman–Crippen MR) is 85.2 cm³/mol. The van der Waals surface area contributed by atoms with E-state index in [1.165, 1.54) is 19.3 Å². The van der Waals surface area contributed by atoms with Crippen LogP contribution in [0.2, 0.25) is 0 Å². The molecule has 2 unspecified atom stereocenters. The van der Waals surface area contributed by atoms with E-state index in [2.05, 4.69) is 12.2 Å². The quantitative estimate of drug-likeness (QED) is 0.870. The van der Waals surface area contributed by atoms with Crippen LogP contribution < -0.4 is 5.32 Å². The number of carbonyl (C=O) groups is 2. The first-order chi connectivity index (χ1) is 10.2. The van der Waals surface area contributed by atoms with Crippen LogP contribution in [0, 0.1) is 0 Å². The third kappa shape index (κ3) is 2.81.